The molecule has 0 saturated heterocycles. The maximum Gasteiger partial charge on any atom is 0.159 e. The fourth-order valence-electron chi connectivity index (χ4n) is 2.09. The van der Waals surface area contributed by atoms with Crippen LogP contribution in [0.15, 0.2) is 30.5 Å². The molecule has 0 bridgehead atoms. The van der Waals surface area contributed by atoms with Crippen molar-refractivity contribution in [3.63, 3.8) is 0 Å². The van der Waals surface area contributed by atoms with Crippen molar-refractivity contribution in [2.24, 2.45) is 5.92 Å². The lowest BCUT2D eigenvalue weighted by atomic mass is 10.1. The van der Waals surface area contributed by atoms with Crippen molar-refractivity contribution in [1.82, 2.24) is 9.66 Å². The van der Waals surface area contributed by atoms with Gasteiger partial charge in [0.05, 0.1) is 0 Å². The maximum atomic E-state index is 5.36. The van der Waals surface area contributed by atoms with E-state index in [9.17, 15) is 0 Å². The van der Waals surface area contributed by atoms with E-state index in [1.165, 1.54) is 12.8 Å². The molecular formula is C15H21N3S. The first kappa shape index (κ1) is 14.0. The minimum atomic E-state index is 0.773. The lowest BCUT2D eigenvalue weighted by molar-refractivity contribution is 0.540. The molecule has 0 unspecified atom stereocenters. The number of unbranched alkanes of at least 4 members (excludes halogenated alkanes) is 1. The largest absolute Gasteiger partial charge is 0.323 e. The molecule has 0 saturated carbocycles. The Labute approximate surface area is 119 Å². The number of nitrogens with zero attached hydrogens (tertiary/aromatic N) is 2. The molecule has 0 spiro atoms. The normalized spacial score (nSPS) is 11.1. The zero-order valence-electron chi connectivity index (χ0n) is 11.6. The molecule has 0 aliphatic carbocycles. The van der Waals surface area contributed by atoms with Crippen LogP contribution in [0.25, 0.3) is 11.0 Å². The van der Waals surface area contributed by atoms with Gasteiger partial charge in [0.25, 0.3) is 0 Å². The number of rotatable bonds is 6. The number of nitrogens with one attached hydrogen (secondary N) is 1. The Kier molecular flexibility index (Phi) is 4.91. The monoisotopic (exact) mass is 275 g/mol. The van der Waals surface area contributed by atoms with Crippen LogP contribution in [0.1, 0.15) is 33.1 Å². The van der Waals surface area contributed by atoms with Gasteiger partial charge in [0.2, 0.25) is 0 Å². The van der Waals surface area contributed by atoms with E-state index in [0.717, 1.165) is 34.6 Å². The maximum absolute atomic E-state index is 5.36. The van der Waals surface area contributed by atoms with Gasteiger partial charge < -0.3 is 5.43 Å². The topological polar surface area (TPSA) is 29.9 Å². The van der Waals surface area contributed by atoms with E-state index in [1.807, 2.05) is 28.9 Å². The van der Waals surface area contributed by atoms with Crippen LogP contribution in [-0.2, 0) is 0 Å². The molecule has 0 aromatic carbocycles. The molecule has 4 heteroatoms. The summed E-state index contributed by atoms with van der Waals surface area (Å²) in [6.07, 6.45) is 5.48. The van der Waals surface area contributed by atoms with Crippen molar-refractivity contribution >= 4 is 23.3 Å². The van der Waals surface area contributed by atoms with Crippen molar-refractivity contribution < 1.29 is 0 Å². The van der Waals surface area contributed by atoms with Crippen molar-refractivity contribution in [2.45, 2.75) is 33.1 Å². The summed E-state index contributed by atoms with van der Waals surface area (Å²) in [5.74, 6) is 0.779. The molecule has 0 atom stereocenters. The molecule has 2 heterocycles. The highest BCUT2D eigenvalue weighted by molar-refractivity contribution is 7.71. The summed E-state index contributed by atoms with van der Waals surface area (Å²) in [5, 5.41) is 1.10. The van der Waals surface area contributed by atoms with Crippen molar-refractivity contribution in [2.75, 3.05) is 12.0 Å². The molecule has 102 valence electrons. The fourth-order valence-corrected chi connectivity index (χ4v) is 2.31. The zero-order valence-corrected chi connectivity index (χ0v) is 12.4. The Morgan fingerprint density at radius 1 is 1.26 bits per heavy atom. The van der Waals surface area contributed by atoms with Crippen molar-refractivity contribution in [3.05, 3.63) is 35.1 Å². The summed E-state index contributed by atoms with van der Waals surface area (Å²) < 4.78 is 2.69. The van der Waals surface area contributed by atoms with Gasteiger partial charge in [0.1, 0.15) is 4.64 Å². The van der Waals surface area contributed by atoms with E-state index >= 15 is 0 Å². The first-order valence-corrected chi connectivity index (χ1v) is 7.30. The lowest BCUT2D eigenvalue weighted by Gasteiger charge is -2.13. The third-order valence-corrected chi connectivity index (χ3v) is 3.45. The predicted molar refractivity (Wildman–Crippen MR) is 83.5 cm³/mol. The average molecular weight is 275 g/mol. The Bertz CT molecular complexity index is 589. The van der Waals surface area contributed by atoms with E-state index in [-0.39, 0.29) is 0 Å². The molecule has 0 fully saturated rings. The molecule has 2 rings (SSSR count). The van der Waals surface area contributed by atoms with Gasteiger partial charge in [-0.15, -0.1) is 0 Å². The average Bonchev–Trinajstić information content (AvgIpc) is 2.40. The minimum absolute atomic E-state index is 0.773. The summed E-state index contributed by atoms with van der Waals surface area (Å²) in [7, 11) is 0. The van der Waals surface area contributed by atoms with Gasteiger partial charge in [-0.05, 0) is 36.6 Å². The van der Waals surface area contributed by atoms with Gasteiger partial charge in [0.15, 0.2) is 5.65 Å². The third-order valence-electron chi connectivity index (χ3n) is 3.13. The van der Waals surface area contributed by atoms with Crippen LogP contribution in [0, 0.1) is 10.6 Å². The highest BCUT2D eigenvalue weighted by Gasteiger charge is 2.01. The summed E-state index contributed by atoms with van der Waals surface area (Å²) in [6.45, 7) is 5.45. The number of hydrogen-bond donors (Lipinski definition) is 1. The van der Waals surface area contributed by atoms with Crippen LogP contribution >= 0.6 is 12.2 Å². The van der Waals surface area contributed by atoms with Gasteiger partial charge in [-0.1, -0.05) is 38.9 Å². The van der Waals surface area contributed by atoms with E-state index in [4.69, 9.17) is 12.2 Å². The first-order valence-electron chi connectivity index (χ1n) is 6.89. The number of pyridine rings is 2. The second kappa shape index (κ2) is 6.66. The second-order valence-electron chi connectivity index (χ2n) is 5.22. The molecule has 0 aliphatic rings. The smallest absolute Gasteiger partial charge is 0.159 e. The van der Waals surface area contributed by atoms with Crippen LogP contribution in [0.5, 0.6) is 0 Å². The Morgan fingerprint density at radius 2 is 2.11 bits per heavy atom. The van der Waals surface area contributed by atoms with Crippen LogP contribution in [-0.4, -0.2) is 16.2 Å². The van der Waals surface area contributed by atoms with Crippen molar-refractivity contribution in [3.8, 4) is 0 Å². The van der Waals surface area contributed by atoms with Crippen LogP contribution in [0.2, 0.25) is 0 Å². The highest BCUT2D eigenvalue weighted by Crippen LogP contribution is 2.11. The van der Waals surface area contributed by atoms with Gasteiger partial charge in [-0.3, -0.25) is 0 Å². The first-order chi connectivity index (χ1) is 9.18. The highest BCUT2D eigenvalue weighted by atomic mass is 32.1. The predicted octanol–water partition coefficient (Wildman–Crippen LogP) is 4.14. The van der Waals surface area contributed by atoms with Crippen LogP contribution in [0.4, 0.5) is 0 Å². The molecule has 1 N–H and O–H groups in total. The molecular weight excluding hydrogens is 254 g/mol. The molecule has 2 aromatic rings. The summed E-state index contributed by atoms with van der Waals surface area (Å²) in [6, 6.07) is 7.95. The van der Waals surface area contributed by atoms with Crippen LogP contribution < -0.4 is 5.43 Å². The molecule has 2 aromatic heterocycles. The quantitative estimate of drug-likeness (QED) is 0.635. The summed E-state index contributed by atoms with van der Waals surface area (Å²) in [4.78, 5) is 4.40. The molecule has 0 amide bonds. The van der Waals surface area contributed by atoms with Gasteiger partial charge in [-0.25, -0.2) is 9.66 Å². The van der Waals surface area contributed by atoms with Crippen molar-refractivity contribution in [1.29, 1.82) is 0 Å². The van der Waals surface area contributed by atoms with Gasteiger partial charge >= 0.3 is 0 Å². The molecule has 0 radical (unpaired) electrons. The molecule has 0 aliphatic heterocycles. The fraction of sp³-hybridized carbons (Fsp3) is 0.467. The number of hydrogen-bond acceptors (Lipinski definition) is 3. The zero-order chi connectivity index (χ0) is 13.7. The Hall–Kier alpha value is -1.42. The second-order valence-corrected chi connectivity index (χ2v) is 5.64. The third kappa shape index (κ3) is 3.77. The standard InChI is InChI=1S/C15H21N3S/c1-12(2)6-3-4-11-17-18-14(19)9-8-13-7-5-10-16-15(13)18/h5,7-10,12,17H,3-4,6,11H2,1-2H3. The van der Waals surface area contributed by atoms with E-state index in [2.05, 4.69) is 24.3 Å². The van der Waals surface area contributed by atoms with E-state index in [0.29, 0.717) is 0 Å². The minimum Gasteiger partial charge on any atom is -0.323 e. The van der Waals surface area contributed by atoms with Crippen LogP contribution in [0.3, 0.4) is 0 Å². The van der Waals surface area contributed by atoms with Gasteiger partial charge in [0, 0.05) is 18.1 Å². The SMILES string of the molecule is CC(C)CCCCNn1c(=S)ccc2cccnc21. The summed E-state index contributed by atoms with van der Waals surface area (Å²) in [5.41, 5.74) is 4.28. The Morgan fingerprint density at radius 3 is 2.89 bits per heavy atom. The molecule has 3 nitrogen and oxygen atoms in total. The number of fused-ring (bicyclic) bond motifs is 1. The lowest BCUT2D eigenvalue weighted by Crippen LogP contribution is -2.18. The van der Waals surface area contributed by atoms with Gasteiger partial charge in [-0.2, -0.15) is 0 Å². The summed E-state index contributed by atoms with van der Waals surface area (Å²) >= 11 is 5.36. The Balaban J connectivity index is 2.04. The molecule has 19 heavy (non-hydrogen) atoms. The van der Waals surface area contributed by atoms with E-state index in [1.54, 1.807) is 6.20 Å². The van der Waals surface area contributed by atoms with E-state index < -0.39 is 0 Å². The number of aromatic nitrogens is 2.